The van der Waals surface area contributed by atoms with Crippen LogP contribution in [0.4, 0.5) is 0 Å². The molecule has 1 aromatic heterocycles. The molecule has 0 amide bonds. The normalized spacial score (nSPS) is 12.7. The predicted molar refractivity (Wildman–Crippen MR) is 116 cm³/mol. The van der Waals surface area contributed by atoms with Crippen molar-refractivity contribution >= 4 is 23.4 Å². The summed E-state index contributed by atoms with van der Waals surface area (Å²) in [6.07, 6.45) is 7.74. The number of ether oxygens (including phenoxy) is 3. The second-order valence-electron chi connectivity index (χ2n) is 6.11. The lowest BCUT2D eigenvalue weighted by atomic mass is 10.1. The number of hydrogen-bond acceptors (Lipinski definition) is 5. The fourth-order valence-corrected chi connectivity index (χ4v) is 3.07. The standard InChI is InChI=1S/C23H26O5S/c1-3-19(7-4-8-21-9-5-16-29-21)27-14-6-15-28-20-12-10-18(11-13-20)17-22(26-2)23(24)25/h3-5,7-13,16,22H,1,6,14-15,17H2,2H3,(H,24,25)/b8-4+,19-7+. The van der Waals surface area contributed by atoms with Gasteiger partial charge in [-0.2, -0.15) is 0 Å². The summed E-state index contributed by atoms with van der Waals surface area (Å²) in [7, 11) is 1.39. The van der Waals surface area contributed by atoms with Gasteiger partial charge in [0.1, 0.15) is 11.5 Å². The third kappa shape index (κ3) is 8.37. The van der Waals surface area contributed by atoms with Crippen LogP contribution >= 0.6 is 11.3 Å². The van der Waals surface area contributed by atoms with Crippen molar-refractivity contribution < 1.29 is 24.1 Å². The van der Waals surface area contributed by atoms with Crippen LogP contribution in [0.5, 0.6) is 5.75 Å². The average molecular weight is 415 g/mol. The van der Waals surface area contributed by atoms with Gasteiger partial charge in [0, 0.05) is 24.8 Å². The molecule has 0 radical (unpaired) electrons. The zero-order valence-corrected chi connectivity index (χ0v) is 17.3. The van der Waals surface area contributed by atoms with Gasteiger partial charge in [-0.3, -0.25) is 0 Å². The molecular weight excluding hydrogens is 388 g/mol. The summed E-state index contributed by atoms with van der Waals surface area (Å²) in [5.74, 6) is 0.479. The minimum atomic E-state index is -0.970. The van der Waals surface area contributed by atoms with Crippen molar-refractivity contribution in [2.45, 2.75) is 18.9 Å². The lowest BCUT2D eigenvalue weighted by Crippen LogP contribution is -2.24. The van der Waals surface area contributed by atoms with Crippen LogP contribution in [0.25, 0.3) is 6.08 Å². The van der Waals surface area contributed by atoms with E-state index in [4.69, 9.17) is 19.3 Å². The minimum Gasteiger partial charge on any atom is -0.493 e. The Bertz CT molecular complexity index is 806. The number of carboxylic acid groups (broad SMARTS) is 1. The van der Waals surface area contributed by atoms with Crippen molar-refractivity contribution in [2.75, 3.05) is 20.3 Å². The Hall–Kier alpha value is -2.83. The number of hydrogen-bond donors (Lipinski definition) is 1. The fraction of sp³-hybridized carbons (Fsp3) is 0.261. The molecular formula is C23H26O5S. The Balaban J connectivity index is 1.69. The topological polar surface area (TPSA) is 65.0 Å². The molecule has 0 aliphatic heterocycles. The second kappa shape index (κ2) is 12.6. The van der Waals surface area contributed by atoms with E-state index in [1.54, 1.807) is 17.4 Å². The molecule has 0 fully saturated rings. The molecule has 6 heteroatoms. The third-order valence-corrected chi connectivity index (χ3v) is 4.83. The van der Waals surface area contributed by atoms with E-state index in [1.165, 1.54) is 12.0 Å². The van der Waals surface area contributed by atoms with Crippen LogP contribution in [0.2, 0.25) is 0 Å². The van der Waals surface area contributed by atoms with E-state index in [-0.39, 0.29) is 0 Å². The van der Waals surface area contributed by atoms with Gasteiger partial charge in [-0.25, -0.2) is 4.79 Å². The number of methoxy groups -OCH3 is 1. The maximum absolute atomic E-state index is 11.0. The van der Waals surface area contributed by atoms with Crippen LogP contribution in [-0.4, -0.2) is 37.5 Å². The molecule has 0 aliphatic rings. The summed E-state index contributed by atoms with van der Waals surface area (Å²) < 4.78 is 16.3. The molecule has 0 aliphatic carbocycles. The second-order valence-corrected chi connectivity index (χ2v) is 7.09. The van der Waals surface area contributed by atoms with E-state index in [2.05, 4.69) is 12.6 Å². The van der Waals surface area contributed by atoms with Crippen molar-refractivity contribution in [2.24, 2.45) is 0 Å². The highest BCUT2D eigenvalue weighted by Crippen LogP contribution is 2.15. The molecule has 2 rings (SSSR count). The quantitative estimate of drug-likeness (QED) is 0.285. The zero-order chi connectivity index (χ0) is 20.9. The van der Waals surface area contributed by atoms with Crippen LogP contribution in [0, 0.1) is 0 Å². The summed E-state index contributed by atoms with van der Waals surface area (Å²) in [4.78, 5) is 12.2. The van der Waals surface area contributed by atoms with Gasteiger partial charge < -0.3 is 19.3 Å². The largest absolute Gasteiger partial charge is 0.493 e. The first-order chi connectivity index (χ1) is 14.1. The number of carbonyl (C=O) groups is 1. The minimum absolute atomic E-state index is 0.317. The van der Waals surface area contributed by atoms with Crippen molar-refractivity contribution in [3.05, 3.63) is 82.8 Å². The SMILES string of the molecule is C=C/C(=C\C=C\c1cccs1)OCCCOc1ccc(CC(OC)C(=O)O)cc1. The third-order valence-electron chi connectivity index (χ3n) is 4.00. The Labute approximate surface area is 175 Å². The maximum Gasteiger partial charge on any atom is 0.333 e. The molecule has 0 bridgehead atoms. The van der Waals surface area contributed by atoms with Gasteiger partial charge >= 0.3 is 5.97 Å². The molecule has 0 spiro atoms. The van der Waals surface area contributed by atoms with Crippen LogP contribution in [0.15, 0.2) is 72.3 Å². The number of carboxylic acids is 1. The molecule has 1 N–H and O–H groups in total. The van der Waals surface area contributed by atoms with Crippen molar-refractivity contribution in [1.82, 2.24) is 0 Å². The molecule has 0 saturated heterocycles. The fourth-order valence-electron chi connectivity index (χ4n) is 2.45. The number of benzene rings is 1. The van der Waals surface area contributed by atoms with E-state index in [1.807, 2.05) is 53.9 Å². The molecule has 2 aromatic rings. The Kier molecular flexibility index (Phi) is 9.75. The van der Waals surface area contributed by atoms with Crippen LogP contribution in [0.1, 0.15) is 16.9 Å². The monoisotopic (exact) mass is 414 g/mol. The van der Waals surface area contributed by atoms with Gasteiger partial charge in [0.2, 0.25) is 0 Å². The van der Waals surface area contributed by atoms with Crippen molar-refractivity contribution in [3.8, 4) is 5.75 Å². The van der Waals surface area contributed by atoms with Crippen molar-refractivity contribution in [1.29, 1.82) is 0 Å². The van der Waals surface area contributed by atoms with Gasteiger partial charge in [-0.05, 0) is 47.4 Å². The first-order valence-electron chi connectivity index (χ1n) is 9.27. The smallest absolute Gasteiger partial charge is 0.333 e. The summed E-state index contributed by atoms with van der Waals surface area (Å²) in [6.45, 7) is 4.81. The van der Waals surface area contributed by atoms with E-state index >= 15 is 0 Å². The van der Waals surface area contributed by atoms with E-state index in [9.17, 15) is 4.79 Å². The molecule has 5 nitrogen and oxygen atoms in total. The molecule has 0 saturated carbocycles. The number of allylic oxidation sites excluding steroid dienone is 3. The lowest BCUT2D eigenvalue weighted by Gasteiger charge is -2.11. The van der Waals surface area contributed by atoms with Crippen molar-refractivity contribution in [3.63, 3.8) is 0 Å². The van der Waals surface area contributed by atoms with Gasteiger partial charge in [0.25, 0.3) is 0 Å². The van der Waals surface area contributed by atoms with Gasteiger partial charge in [0.05, 0.1) is 13.2 Å². The van der Waals surface area contributed by atoms with Gasteiger partial charge in [-0.1, -0.05) is 30.9 Å². The zero-order valence-electron chi connectivity index (χ0n) is 16.5. The maximum atomic E-state index is 11.0. The highest BCUT2D eigenvalue weighted by Gasteiger charge is 2.16. The molecule has 29 heavy (non-hydrogen) atoms. The first-order valence-corrected chi connectivity index (χ1v) is 10.1. The molecule has 1 unspecified atom stereocenters. The summed E-state index contributed by atoms with van der Waals surface area (Å²) in [5.41, 5.74) is 0.881. The first kappa shape index (κ1) is 22.5. The number of rotatable bonds is 13. The van der Waals surface area contributed by atoms with Gasteiger partial charge in [-0.15, -0.1) is 11.3 Å². The average Bonchev–Trinajstić information content (AvgIpc) is 3.24. The molecule has 1 atom stereocenters. The molecule has 1 aromatic carbocycles. The summed E-state index contributed by atoms with van der Waals surface area (Å²) in [6, 6.07) is 11.4. The highest BCUT2D eigenvalue weighted by atomic mass is 32.1. The Morgan fingerprint density at radius 3 is 2.66 bits per heavy atom. The van der Waals surface area contributed by atoms with Crippen LogP contribution < -0.4 is 4.74 Å². The van der Waals surface area contributed by atoms with E-state index in [0.29, 0.717) is 25.4 Å². The van der Waals surface area contributed by atoms with Crippen LogP contribution in [0.3, 0.4) is 0 Å². The van der Waals surface area contributed by atoms with E-state index in [0.717, 1.165) is 17.7 Å². The Morgan fingerprint density at radius 2 is 2.03 bits per heavy atom. The summed E-state index contributed by atoms with van der Waals surface area (Å²) in [5, 5.41) is 11.1. The highest BCUT2D eigenvalue weighted by molar-refractivity contribution is 7.10. The Morgan fingerprint density at radius 1 is 1.24 bits per heavy atom. The predicted octanol–water partition coefficient (Wildman–Crippen LogP) is 4.96. The lowest BCUT2D eigenvalue weighted by molar-refractivity contribution is -0.148. The van der Waals surface area contributed by atoms with Crippen LogP contribution in [-0.2, 0) is 20.7 Å². The molecule has 1 heterocycles. The van der Waals surface area contributed by atoms with Gasteiger partial charge in [0.15, 0.2) is 6.10 Å². The molecule has 154 valence electrons. The number of thiophene rings is 1. The summed E-state index contributed by atoms with van der Waals surface area (Å²) >= 11 is 1.68. The number of aliphatic carboxylic acids is 1. The van der Waals surface area contributed by atoms with E-state index < -0.39 is 12.1 Å².